The number of hydrogen-bond donors (Lipinski definition) is 0. The zero-order chi connectivity index (χ0) is 17.6. The van der Waals surface area contributed by atoms with Crippen molar-refractivity contribution in [2.75, 3.05) is 46.2 Å². The lowest BCUT2D eigenvalue weighted by molar-refractivity contribution is 0.00891. The summed E-state index contributed by atoms with van der Waals surface area (Å²) in [6.07, 6.45) is 11.7. The zero-order valence-electron chi connectivity index (χ0n) is 16.2. The van der Waals surface area contributed by atoms with Crippen molar-refractivity contribution in [3.05, 3.63) is 0 Å². The predicted molar refractivity (Wildman–Crippen MR) is 102 cm³/mol. The average Bonchev–Trinajstić information content (AvgIpc) is 2.60. The second-order valence-corrected chi connectivity index (χ2v) is 7.13. The van der Waals surface area contributed by atoms with Gasteiger partial charge in [-0.1, -0.05) is 65.2 Å². The summed E-state index contributed by atoms with van der Waals surface area (Å²) in [6, 6.07) is 1.20. The van der Waals surface area contributed by atoms with Gasteiger partial charge in [-0.25, -0.2) is 0 Å². The highest BCUT2D eigenvalue weighted by Crippen LogP contribution is 2.02. The minimum absolute atomic E-state index is 0.627. The molecule has 0 N–H and O–H groups in total. The molecule has 5 heteroatoms. The Kier molecular flexibility index (Phi) is 23.1. The summed E-state index contributed by atoms with van der Waals surface area (Å²) in [4.78, 5) is 0. The van der Waals surface area contributed by atoms with Crippen molar-refractivity contribution in [2.45, 2.75) is 77.7 Å². The molecule has 0 aromatic carbocycles. The minimum atomic E-state index is 0.627. The Morgan fingerprint density at radius 2 is 1.00 bits per heavy atom. The Bertz CT molecular complexity index is 196. The van der Waals surface area contributed by atoms with Crippen LogP contribution < -0.4 is 0 Å². The number of ether oxygens (including phenoxy) is 3. The van der Waals surface area contributed by atoms with Crippen LogP contribution in [-0.4, -0.2) is 56.0 Å². The van der Waals surface area contributed by atoms with Gasteiger partial charge in [-0.3, -0.25) is 0 Å². The number of hydrogen-bond acceptors (Lipinski definition) is 4. The molecule has 24 heavy (non-hydrogen) atoms. The fraction of sp³-hybridized carbons (Fsp3) is 1.00. The molecule has 0 unspecified atom stereocenters. The van der Waals surface area contributed by atoms with Crippen molar-refractivity contribution in [1.82, 2.24) is 0 Å². The smallest absolute Gasteiger partial charge is 0.229 e. The maximum absolute atomic E-state index is 5.56. The summed E-state index contributed by atoms with van der Waals surface area (Å²) < 4.78 is 22.0. The lowest BCUT2D eigenvalue weighted by Crippen LogP contribution is -2.12. The van der Waals surface area contributed by atoms with Gasteiger partial charge in [-0.05, 0) is 12.5 Å². The van der Waals surface area contributed by atoms with Gasteiger partial charge in [-0.2, -0.15) is 0 Å². The van der Waals surface area contributed by atoms with Crippen molar-refractivity contribution < 1.29 is 18.6 Å². The van der Waals surface area contributed by atoms with E-state index in [0.29, 0.717) is 49.4 Å². The van der Waals surface area contributed by atoms with Gasteiger partial charge in [-0.15, -0.1) is 0 Å². The Balaban J connectivity index is 2.93. The molecule has 0 aromatic rings. The van der Waals surface area contributed by atoms with Crippen LogP contribution in [0, 0.1) is 0 Å². The van der Waals surface area contributed by atoms with E-state index in [9.17, 15) is 0 Å². The molecule has 0 bridgehead atoms. The molecule has 0 amide bonds. The van der Waals surface area contributed by atoms with Crippen LogP contribution in [0.2, 0.25) is 6.04 Å². The Morgan fingerprint density at radius 3 is 1.62 bits per heavy atom. The van der Waals surface area contributed by atoms with Crippen LogP contribution in [0.1, 0.15) is 71.6 Å². The molecule has 0 aliphatic heterocycles. The van der Waals surface area contributed by atoms with E-state index in [-0.39, 0.29) is 0 Å². The zero-order valence-corrected chi connectivity index (χ0v) is 17.2. The molecular formula is C19H40O4Si. The van der Waals surface area contributed by atoms with Crippen molar-refractivity contribution in [1.29, 1.82) is 0 Å². The quantitative estimate of drug-likeness (QED) is 0.221. The van der Waals surface area contributed by atoms with E-state index in [1.165, 1.54) is 63.8 Å². The lowest BCUT2D eigenvalue weighted by Gasteiger charge is -2.07. The van der Waals surface area contributed by atoms with E-state index in [0.717, 1.165) is 6.61 Å². The Hall–Kier alpha value is 0.0569. The minimum Gasteiger partial charge on any atom is -0.415 e. The van der Waals surface area contributed by atoms with Crippen molar-refractivity contribution in [3.8, 4) is 0 Å². The highest BCUT2D eigenvalue weighted by atomic mass is 28.2. The van der Waals surface area contributed by atoms with Gasteiger partial charge in [0.25, 0.3) is 0 Å². The van der Waals surface area contributed by atoms with Crippen LogP contribution in [0.5, 0.6) is 0 Å². The first-order chi connectivity index (χ1) is 11.9. The Morgan fingerprint density at radius 1 is 0.500 bits per heavy atom. The second kappa shape index (κ2) is 23.1. The summed E-state index contributed by atoms with van der Waals surface area (Å²) >= 11 is 0. The first-order valence-corrected chi connectivity index (χ1v) is 11.1. The van der Waals surface area contributed by atoms with E-state index >= 15 is 0 Å². The summed E-state index contributed by atoms with van der Waals surface area (Å²) in [5.74, 6) is 0. The highest BCUT2D eigenvalue weighted by Gasteiger charge is 1.95. The van der Waals surface area contributed by atoms with Gasteiger partial charge in [0, 0.05) is 6.61 Å². The van der Waals surface area contributed by atoms with Crippen molar-refractivity contribution >= 4 is 9.76 Å². The fourth-order valence-corrected chi connectivity index (χ4v) is 2.98. The SMILES string of the molecule is CCCCCCCOCCOCCOCCO[Si]CCCCCC. The summed E-state index contributed by atoms with van der Waals surface area (Å²) in [5, 5.41) is 0. The van der Waals surface area contributed by atoms with Crippen molar-refractivity contribution in [2.24, 2.45) is 0 Å². The average molecular weight is 361 g/mol. The molecule has 2 radical (unpaired) electrons. The van der Waals surface area contributed by atoms with Crippen LogP contribution in [0.15, 0.2) is 0 Å². The largest absolute Gasteiger partial charge is 0.415 e. The summed E-state index contributed by atoms with van der Waals surface area (Å²) in [5.41, 5.74) is 0. The monoisotopic (exact) mass is 360 g/mol. The van der Waals surface area contributed by atoms with E-state index in [1.54, 1.807) is 0 Å². The molecule has 0 saturated carbocycles. The maximum Gasteiger partial charge on any atom is 0.229 e. The fourth-order valence-electron chi connectivity index (χ4n) is 2.22. The standard InChI is InChI=1S/C19H40O4Si/c1-3-5-7-9-10-12-20-13-14-21-15-16-22-17-18-23-24-19-11-8-6-4-2/h3-19H2,1-2H3. The molecule has 0 heterocycles. The van der Waals surface area contributed by atoms with Gasteiger partial charge in [0.05, 0.1) is 39.6 Å². The first kappa shape index (κ1) is 24.1. The third kappa shape index (κ3) is 22.1. The molecule has 0 aliphatic carbocycles. The van der Waals surface area contributed by atoms with E-state index in [1.807, 2.05) is 0 Å². The molecule has 0 atom stereocenters. The third-order valence-corrected chi connectivity index (χ3v) is 4.67. The third-order valence-electron chi connectivity index (χ3n) is 3.70. The van der Waals surface area contributed by atoms with Crippen LogP contribution in [0.3, 0.4) is 0 Å². The van der Waals surface area contributed by atoms with Gasteiger partial charge in [0.2, 0.25) is 9.76 Å². The normalized spacial score (nSPS) is 11.2. The Labute approximate surface area is 152 Å². The van der Waals surface area contributed by atoms with E-state index < -0.39 is 0 Å². The number of unbranched alkanes of at least 4 members (excludes halogenated alkanes) is 7. The molecule has 0 aromatic heterocycles. The van der Waals surface area contributed by atoms with Gasteiger partial charge < -0.3 is 18.6 Å². The molecule has 0 fully saturated rings. The predicted octanol–water partition coefficient (Wildman–Crippen LogP) is 4.64. The molecule has 0 rings (SSSR count). The first-order valence-electron chi connectivity index (χ1n) is 9.99. The van der Waals surface area contributed by atoms with Gasteiger partial charge in [0.1, 0.15) is 0 Å². The van der Waals surface area contributed by atoms with Gasteiger partial charge >= 0.3 is 0 Å². The summed E-state index contributed by atoms with van der Waals surface area (Å²) in [6.45, 7) is 9.33. The lowest BCUT2D eigenvalue weighted by atomic mass is 10.2. The molecule has 144 valence electrons. The van der Waals surface area contributed by atoms with E-state index in [4.69, 9.17) is 18.6 Å². The van der Waals surface area contributed by atoms with Crippen LogP contribution in [-0.2, 0) is 18.6 Å². The topological polar surface area (TPSA) is 36.9 Å². The van der Waals surface area contributed by atoms with Crippen LogP contribution in [0.4, 0.5) is 0 Å². The maximum atomic E-state index is 5.56. The highest BCUT2D eigenvalue weighted by molar-refractivity contribution is 6.26. The molecule has 0 saturated heterocycles. The molecule has 0 aliphatic rings. The second-order valence-electron chi connectivity index (χ2n) is 6.05. The number of rotatable bonds is 21. The molecule has 4 nitrogen and oxygen atoms in total. The van der Waals surface area contributed by atoms with Crippen LogP contribution in [0.25, 0.3) is 0 Å². The van der Waals surface area contributed by atoms with Crippen LogP contribution >= 0.6 is 0 Å². The summed E-state index contributed by atoms with van der Waals surface area (Å²) in [7, 11) is 0.627. The van der Waals surface area contributed by atoms with E-state index in [2.05, 4.69) is 13.8 Å². The van der Waals surface area contributed by atoms with Gasteiger partial charge in [0.15, 0.2) is 0 Å². The molecule has 0 spiro atoms. The molecular weight excluding hydrogens is 320 g/mol. The van der Waals surface area contributed by atoms with Crippen molar-refractivity contribution in [3.63, 3.8) is 0 Å².